The van der Waals surface area contributed by atoms with Crippen LogP contribution in [0.1, 0.15) is 42.9 Å². The van der Waals surface area contributed by atoms with Crippen LogP contribution < -0.4 is 0 Å². The summed E-state index contributed by atoms with van der Waals surface area (Å²) in [6, 6.07) is 6.33. The lowest BCUT2D eigenvalue weighted by Crippen LogP contribution is -2.23. The van der Waals surface area contributed by atoms with Crippen LogP contribution in [0.4, 0.5) is 0 Å². The maximum atomic E-state index is 10.5. The highest BCUT2D eigenvalue weighted by molar-refractivity contribution is 5.34. The van der Waals surface area contributed by atoms with E-state index >= 15 is 0 Å². The third-order valence-electron chi connectivity index (χ3n) is 3.36. The first-order valence-corrected chi connectivity index (χ1v) is 5.79. The molecule has 1 saturated carbocycles. The van der Waals surface area contributed by atoms with Crippen LogP contribution in [-0.4, -0.2) is 5.11 Å². The Kier molecular flexibility index (Phi) is 2.59. The molecule has 2 rings (SSSR count). The average Bonchev–Trinajstić information content (AvgIpc) is 2.92. The van der Waals surface area contributed by atoms with Gasteiger partial charge in [-0.15, -0.1) is 0 Å². The molecule has 0 aliphatic heterocycles. The number of aryl methyl sites for hydroxylation is 2. The van der Waals surface area contributed by atoms with Crippen LogP contribution in [0.2, 0.25) is 0 Å². The Balaban J connectivity index is 2.28. The van der Waals surface area contributed by atoms with Gasteiger partial charge in [-0.1, -0.05) is 36.6 Å². The van der Waals surface area contributed by atoms with Gasteiger partial charge in [-0.3, -0.25) is 0 Å². The van der Waals surface area contributed by atoms with Crippen molar-refractivity contribution in [2.45, 2.75) is 45.6 Å². The smallest absolute Gasteiger partial charge is 0.0873 e. The SMILES string of the molecule is Cc1ccc(C)c(C(C)(O)CC2CC2)c1. The number of benzene rings is 1. The molecule has 82 valence electrons. The van der Waals surface area contributed by atoms with Crippen molar-refractivity contribution in [2.75, 3.05) is 0 Å². The third-order valence-corrected chi connectivity index (χ3v) is 3.36. The molecule has 1 unspecified atom stereocenters. The molecule has 15 heavy (non-hydrogen) atoms. The first kappa shape index (κ1) is 10.7. The Morgan fingerprint density at radius 1 is 1.33 bits per heavy atom. The summed E-state index contributed by atoms with van der Waals surface area (Å²) in [7, 11) is 0. The Hall–Kier alpha value is -0.820. The summed E-state index contributed by atoms with van der Waals surface area (Å²) < 4.78 is 0. The van der Waals surface area contributed by atoms with Gasteiger partial charge < -0.3 is 5.11 Å². The van der Waals surface area contributed by atoms with Gasteiger partial charge in [0.1, 0.15) is 0 Å². The fraction of sp³-hybridized carbons (Fsp3) is 0.571. The van der Waals surface area contributed by atoms with Crippen LogP contribution in [-0.2, 0) is 5.60 Å². The first-order valence-electron chi connectivity index (χ1n) is 5.79. The van der Waals surface area contributed by atoms with Crippen LogP contribution in [0.25, 0.3) is 0 Å². The summed E-state index contributed by atoms with van der Waals surface area (Å²) >= 11 is 0. The van der Waals surface area contributed by atoms with Crippen molar-refractivity contribution >= 4 is 0 Å². The van der Waals surface area contributed by atoms with E-state index in [0.717, 1.165) is 17.9 Å². The van der Waals surface area contributed by atoms with Crippen molar-refractivity contribution in [3.63, 3.8) is 0 Å². The highest BCUT2D eigenvalue weighted by Gasteiger charge is 2.33. The topological polar surface area (TPSA) is 20.2 Å². The lowest BCUT2D eigenvalue weighted by molar-refractivity contribution is 0.0411. The van der Waals surface area contributed by atoms with Crippen molar-refractivity contribution in [2.24, 2.45) is 5.92 Å². The molecule has 0 aromatic heterocycles. The zero-order valence-corrected chi connectivity index (χ0v) is 9.88. The van der Waals surface area contributed by atoms with Crippen molar-refractivity contribution in [1.29, 1.82) is 0 Å². The molecule has 1 N–H and O–H groups in total. The van der Waals surface area contributed by atoms with Crippen LogP contribution in [0, 0.1) is 19.8 Å². The van der Waals surface area contributed by atoms with E-state index in [2.05, 4.69) is 32.0 Å². The molecule has 1 aliphatic carbocycles. The first-order chi connectivity index (χ1) is 6.99. The minimum Gasteiger partial charge on any atom is -0.385 e. The Labute approximate surface area is 92.1 Å². The van der Waals surface area contributed by atoms with Crippen molar-refractivity contribution < 1.29 is 5.11 Å². The summed E-state index contributed by atoms with van der Waals surface area (Å²) in [5.74, 6) is 0.750. The molecular weight excluding hydrogens is 184 g/mol. The predicted molar refractivity (Wildman–Crippen MR) is 62.8 cm³/mol. The van der Waals surface area contributed by atoms with E-state index in [1.165, 1.54) is 24.0 Å². The molecule has 0 amide bonds. The van der Waals surface area contributed by atoms with Crippen LogP contribution in [0.5, 0.6) is 0 Å². The van der Waals surface area contributed by atoms with Gasteiger partial charge in [0, 0.05) is 0 Å². The maximum absolute atomic E-state index is 10.5. The largest absolute Gasteiger partial charge is 0.385 e. The number of hydrogen-bond acceptors (Lipinski definition) is 1. The molecule has 1 aliphatic rings. The number of hydrogen-bond donors (Lipinski definition) is 1. The van der Waals surface area contributed by atoms with E-state index < -0.39 is 5.60 Å². The van der Waals surface area contributed by atoms with Crippen molar-refractivity contribution in [1.82, 2.24) is 0 Å². The van der Waals surface area contributed by atoms with E-state index in [-0.39, 0.29) is 0 Å². The lowest BCUT2D eigenvalue weighted by Gasteiger charge is -2.26. The monoisotopic (exact) mass is 204 g/mol. The van der Waals surface area contributed by atoms with E-state index in [0.29, 0.717) is 0 Å². The normalized spacial score (nSPS) is 20.0. The zero-order chi connectivity index (χ0) is 11.1. The molecule has 0 radical (unpaired) electrons. The molecule has 0 spiro atoms. The molecule has 0 saturated heterocycles. The van der Waals surface area contributed by atoms with E-state index in [9.17, 15) is 5.11 Å². The third kappa shape index (κ3) is 2.40. The summed E-state index contributed by atoms with van der Waals surface area (Å²) in [6.45, 7) is 6.11. The Morgan fingerprint density at radius 2 is 2.00 bits per heavy atom. The highest BCUT2D eigenvalue weighted by Crippen LogP contribution is 2.41. The minimum atomic E-state index is -0.642. The summed E-state index contributed by atoms with van der Waals surface area (Å²) in [4.78, 5) is 0. The van der Waals surface area contributed by atoms with Crippen molar-refractivity contribution in [3.8, 4) is 0 Å². The molecule has 0 heterocycles. The fourth-order valence-electron chi connectivity index (χ4n) is 2.31. The molecular formula is C14H20O. The van der Waals surface area contributed by atoms with Gasteiger partial charge in [-0.25, -0.2) is 0 Å². The molecule has 1 aromatic carbocycles. The molecule has 1 nitrogen and oxygen atoms in total. The van der Waals surface area contributed by atoms with Gasteiger partial charge in [-0.05, 0) is 44.2 Å². The Morgan fingerprint density at radius 3 is 2.60 bits per heavy atom. The molecule has 1 atom stereocenters. The maximum Gasteiger partial charge on any atom is 0.0873 e. The van der Waals surface area contributed by atoms with Crippen LogP contribution >= 0.6 is 0 Å². The van der Waals surface area contributed by atoms with Crippen LogP contribution in [0.3, 0.4) is 0 Å². The van der Waals surface area contributed by atoms with Crippen molar-refractivity contribution in [3.05, 3.63) is 34.9 Å². The summed E-state index contributed by atoms with van der Waals surface area (Å²) in [5, 5.41) is 10.5. The quantitative estimate of drug-likeness (QED) is 0.801. The Bertz CT molecular complexity index is 362. The highest BCUT2D eigenvalue weighted by atomic mass is 16.3. The van der Waals surface area contributed by atoms with Gasteiger partial charge in [0.25, 0.3) is 0 Å². The number of aliphatic hydroxyl groups is 1. The second-order valence-corrected chi connectivity index (χ2v) is 5.24. The minimum absolute atomic E-state index is 0.642. The standard InChI is InChI=1S/C14H20O/c1-10-4-5-11(2)13(8-10)14(3,15)9-12-6-7-12/h4-5,8,12,15H,6-7,9H2,1-3H3. The van der Waals surface area contributed by atoms with E-state index in [1.807, 2.05) is 6.92 Å². The number of rotatable bonds is 3. The van der Waals surface area contributed by atoms with Gasteiger partial charge in [0.15, 0.2) is 0 Å². The van der Waals surface area contributed by atoms with Crippen LogP contribution in [0.15, 0.2) is 18.2 Å². The van der Waals surface area contributed by atoms with E-state index in [1.54, 1.807) is 0 Å². The van der Waals surface area contributed by atoms with Gasteiger partial charge >= 0.3 is 0 Å². The summed E-state index contributed by atoms with van der Waals surface area (Å²) in [6.07, 6.45) is 3.50. The zero-order valence-electron chi connectivity index (χ0n) is 9.88. The molecule has 1 aromatic rings. The van der Waals surface area contributed by atoms with Gasteiger partial charge in [0.2, 0.25) is 0 Å². The second kappa shape index (κ2) is 3.64. The lowest BCUT2D eigenvalue weighted by atomic mass is 9.86. The molecule has 1 fully saturated rings. The van der Waals surface area contributed by atoms with E-state index in [4.69, 9.17) is 0 Å². The molecule has 1 heteroatoms. The average molecular weight is 204 g/mol. The second-order valence-electron chi connectivity index (χ2n) is 5.24. The fourth-order valence-corrected chi connectivity index (χ4v) is 2.31. The predicted octanol–water partition coefficient (Wildman–Crippen LogP) is 3.31. The molecule has 0 bridgehead atoms. The summed E-state index contributed by atoms with van der Waals surface area (Å²) in [5.41, 5.74) is 2.89. The van der Waals surface area contributed by atoms with Gasteiger partial charge in [0.05, 0.1) is 5.60 Å². The van der Waals surface area contributed by atoms with Gasteiger partial charge in [-0.2, -0.15) is 0 Å².